The van der Waals surface area contributed by atoms with Gasteiger partial charge in [-0.25, -0.2) is 4.98 Å². The van der Waals surface area contributed by atoms with Crippen LogP contribution in [0.15, 0.2) is 16.7 Å². The van der Waals surface area contributed by atoms with Crippen molar-refractivity contribution in [2.75, 3.05) is 18.5 Å². The maximum absolute atomic E-state index is 5.58. The Morgan fingerprint density at radius 3 is 3.23 bits per heavy atom. The molecule has 0 unspecified atom stereocenters. The van der Waals surface area contributed by atoms with Gasteiger partial charge in [0.05, 0.1) is 6.54 Å². The molecule has 13 heavy (non-hydrogen) atoms. The molecule has 70 valence electrons. The number of hydrogen-bond acceptors (Lipinski definition) is 3. The van der Waals surface area contributed by atoms with Crippen LogP contribution >= 0.6 is 15.9 Å². The Morgan fingerprint density at radius 1 is 1.69 bits per heavy atom. The van der Waals surface area contributed by atoms with Crippen LogP contribution < -0.4 is 9.64 Å². The summed E-state index contributed by atoms with van der Waals surface area (Å²) in [6, 6.07) is 2.02. The van der Waals surface area contributed by atoms with E-state index in [-0.39, 0.29) is 6.10 Å². The van der Waals surface area contributed by atoms with Crippen LogP contribution in [0.25, 0.3) is 0 Å². The minimum absolute atomic E-state index is 0.214. The number of nitrogens with zero attached hydrogens (tertiary/aromatic N) is 2. The van der Waals surface area contributed by atoms with Crippen molar-refractivity contribution in [3.05, 3.63) is 16.7 Å². The summed E-state index contributed by atoms with van der Waals surface area (Å²) in [5.74, 6) is 0.726. The first-order valence-corrected chi connectivity index (χ1v) is 4.99. The molecule has 0 N–H and O–H groups in total. The number of ether oxygens (including phenoxy) is 1. The maximum atomic E-state index is 5.58. The van der Waals surface area contributed by atoms with Gasteiger partial charge in [-0.3, -0.25) is 0 Å². The average Bonchev–Trinajstić information content (AvgIpc) is 2.06. The first-order valence-electron chi connectivity index (χ1n) is 4.20. The fraction of sp³-hybridized carbons (Fsp3) is 0.444. The van der Waals surface area contributed by atoms with Crippen LogP contribution in [-0.4, -0.2) is 24.7 Å². The van der Waals surface area contributed by atoms with Gasteiger partial charge in [-0.2, -0.15) is 0 Å². The molecule has 0 spiro atoms. The normalized spacial score (nSPS) is 20.8. The molecule has 1 aromatic heterocycles. The maximum Gasteiger partial charge on any atom is 0.237 e. The quantitative estimate of drug-likeness (QED) is 0.697. The van der Waals surface area contributed by atoms with Crippen LogP contribution in [0.2, 0.25) is 0 Å². The van der Waals surface area contributed by atoms with Crippen molar-refractivity contribution in [3.8, 4) is 5.88 Å². The molecule has 1 atom stereocenters. The van der Waals surface area contributed by atoms with Gasteiger partial charge in [0, 0.05) is 17.7 Å². The molecule has 3 nitrogen and oxygen atoms in total. The Morgan fingerprint density at radius 2 is 2.46 bits per heavy atom. The molecular formula is C9H11BrN2O. The highest BCUT2D eigenvalue weighted by molar-refractivity contribution is 9.10. The van der Waals surface area contributed by atoms with Gasteiger partial charge in [-0.05, 0) is 28.9 Å². The molecule has 2 heterocycles. The Labute approximate surface area is 85.8 Å². The van der Waals surface area contributed by atoms with Crippen molar-refractivity contribution < 1.29 is 4.74 Å². The Kier molecular flexibility index (Phi) is 2.15. The van der Waals surface area contributed by atoms with Crippen molar-refractivity contribution in [2.24, 2.45) is 0 Å². The molecule has 0 bridgehead atoms. The largest absolute Gasteiger partial charge is 0.471 e. The molecule has 0 saturated heterocycles. The van der Waals surface area contributed by atoms with Crippen LogP contribution in [0, 0.1) is 0 Å². The number of likely N-dealkylation sites (N-methyl/N-ethyl adjacent to an activating group) is 1. The summed E-state index contributed by atoms with van der Waals surface area (Å²) >= 11 is 3.39. The zero-order valence-corrected chi connectivity index (χ0v) is 9.21. The number of rotatable bonds is 0. The van der Waals surface area contributed by atoms with E-state index in [9.17, 15) is 0 Å². The predicted octanol–water partition coefficient (Wildman–Crippen LogP) is 2.06. The molecule has 1 aliphatic rings. The van der Waals surface area contributed by atoms with E-state index in [4.69, 9.17) is 4.74 Å². The molecule has 2 rings (SSSR count). The molecule has 0 amide bonds. The van der Waals surface area contributed by atoms with Crippen molar-refractivity contribution >= 4 is 21.6 Å². The van der Waals surface area contributed by atoms with E-state index in [2.05, 4.69) is 25.8 Å². The monoisotopic (exact) mass is 242 g/mol. The second kappa shape index (κ2) is 3.18. The third kappa shape index (κ3) is 1.63. The van der Waals surface area contributed by atoms with Crippen molar-refractivity contribution in [1.82, 2.24) is 4.98 Å². The van der Waals surface area contributed by atoms with E-state index in [1.165, 1.54) is 0 Å². The number of halogens is 1. The fourth-order valence-corrected chi connectivity index (χ4v) is 1.81. The molecule has 1 aliphatic heterocycles. The Balaban J connectivity index is 2.43. The summed E-state index contributed by atoms with van der Waals surface area (Å²) in [7, 11) is 2.05. The van der Waals surface area contributed by atoms with Crippen molar-refractivity contribution in [1.29, 1.82) is 0 Å². The minimum atomic E-state index is 0.214. The van der Waals surface area contributed by atoms with Crippen molar-refractivity contribution in [2.45, 2.75) is 13.0 Å². The highest BCUT2D eigenvalue weighted by Crippen LogP contribution is 2.32. The fourth-order valence-electron chi connectivity index (χ4n) is 1.49. The summed E-state index contributed by atoms with van der Waals surface area (Å²) in [5, 5.41) is 0. The first-order chi connectivity index (χ1) is 6.16. The lowest BCUT2D eigenvalue weighted by atomic mass is 10.2. The van der Waals surface area contributed by atoms with Gasteiger partial charge in [0.2, 0.25) is 5.88 Å². The Hall–Kier alpha value is -0.770. The molecule has 0 radical (unpaired) electrons. The molecule has 0 aromatic carbocycles. The smallest absolute Gasteiger partial charge is 0.237 e. The number of fused-ring (bicyclic) bond motifs is 1. The molecule has 0 fully saturated rings. The summed E-state index contributed by atoms with van der Waals surface area (Å²) in [5.41, 5.74) is 1.05. The van der Waals surface area contributed by atoms with E-state index in [0.29, 0.717) is 0 Å². The molecule has 0 aliphatic carbocycles. The zero-order valence-electron chi connectivity index (χ0n) is 7.62. The number of anilines is 1. The highest BCUT2D eigenvalue weighted by atomic mass is 79.9. The molecule has 0 saturated carbocycles. The van der Waals surface area contributed by atoms with Gasteiger partial charge in [0.25, 0.3) is 0 Å². The lowest BCUT2D eigenvalue weighted by Crippen LogP contribution is -2.35. The van der Waals surface area contributed by atoms with Crippen LogP contribution in [0.5, 0.6) is 5.88 Å². The summed E-state index contributed by atoms with van der Waals surface area (Å²) < 4.78 is 6.57. The van der Waals surface area contributed by atoms with Gasteiger partial charge in [-0.1, -0.05) is 0 Å². The molecular weight excluding hydrogens is 232 g/mol. The average molecular weight is 243 g/mol. The second-order valence-corrected chi connectivity index (χ2v) is 4.20. The third-order valence-corrected chi connectivity index (χ3v) is 2.49. The van der Waals surface area contributed by atoms with Crippen molar-refractivity contribution in [3.63, 3.8) is 0 Å². The lowest BCUT2D eigenvalue weighted by Gasteiger charge is -2.31. The second-order valence-electron chi connectivity index (χ2n) is 3.29. The van der Waals surface area contributed by atoms with E-state index in [0.717, 1.165) is 22.6 Å². The summed E-state index contributed by atoms with van der Waals surface area (Å²) in [6.07, 6.45) is 1.97. The molecule has 4 heteroatoms. The lowest BCUT2D eigenvalue weighted by molar-refractivity contribution is 0.206. The first kappa shape index (κ1) is 8.81. The number of pyridine rings is 1. The highest BCUT2D eigenvalue weighted by Gasteiger charge is 2.21. The minimum Gasteiger partial charge on any atom is -0.471 e. The van der Waals surface area contributed by atoms with Crippen LogP contribution in [-0.2, 0) is 0 Å². The predicted molar refractivity (Wildman–Crippen MR) is 55.3 cm³/mol. The topological polar surface area (TPSA) is 25.4 Å². The van der Waals surface area contributed by atoms with Gasteiger partial charge < -0.3 is 9.64 Å². The van der Waals surface area contributed by atoms with Crippen LogP contribution in [0.3, 0.4) is 0 Å². The Bertz CT molecular complexity index is 329. The van der Waals surface area contributed by atoms with E-state index in [1.54, 1.807) is 6.20 Å². The van der Waals surface area contributed by atoms with Gasteiger partial charge in [0.1, 0.15) is 11.8 Å². The zero-order chi connectivity index (χ0) is 9.42. The summed E-state index contributed by atoms with van der Waals surface area (Å²) in [4.78, 5) is 6.36. The SMILES string of the molecule is C[C@H]1CN(C)c2cc(Br)cnc2O1. The van der Waals surface area contributed by atoms with Gasteiger partial charge >= 0.3 is 0 Å². The van der Waals surface area contributed by atoms with E-state index in [1.807, 2.05) is 20.0 Å². The van der Waals surface area contributed by atoms with E-state index < -0.39 is 0 Å². The summed E-state index contributed by atoms with van der Waals surface area (Å²) in [6.45, 7) is 2.95. The number of aromatic nitrogens is 1. The van der Waals surface area contributed by atoms with Crippen LogP contribution in [0.4, 0.5) is 5.69 Å². The third-order valence-electron chi connectivity index (χ3n) is 2.05. The van der Waals surface area contributed by atoms with Crippen LogP contribution in [0.1, 0.15) is 6.92 Å². The standard InChI is InChI=1S/C9H11BrN2O/c1-6-5-12(2)8-3-7(10)4-11-9(8)13-6/h3-4,6H,5H2,1-2H3/t6-/m0/s1. The van der Waals surface area contributed by atoms with Gasteiger partial charge in [0.15, 0.2) is 0 Å². The molecule has 1 aromatic rings. The van der Waals surface area contributed by atoms with E-state index >= 15 is 0 Å². The number of hydrogen-bond donors (Lipinski definition) is 0. The van der Waals surface area contributed by atoms with Gasteiger partial charge in [-0.15, -0.1) is 0 Å².